The average molecular weight is 356 g/mol. The van der Waals surface area contributed by atoms with E-state index in [1.54, 1.807) is 10.8 Å². The van der Waals surface area contributed by atoms with Crippen molar-refractivity contribution in [2.24, 2.45) is 0 Å². The Balaban J connectivity index is 1.61. The number of rotatable bonds is 5. The Morgan fingerprint density at radius 1 is 1.08 bits per heavy atom. The quantitative estimate of drug-likeness (QED) is 0.531. The van der Waals surface area contributed by atoms with Crippen LogP contribution in [0.25, 0.3) is 11.0 Å². The molecule has 1 saturated heterocycles. The number of nitrogens with one attached hydrogen (secondary N) is 1. The fourth-order valence-corrected chi connectivity index (χ4v) is 3.21. The van der Waals surface area contributed by atoms with E-state index in [4.69, 9.17) is 4.74 Å². The van der Waals surface area contributed by atoms with Crippen LogP contribution in [0.4, 0.5) is 5.82 Å². The molecule has 4 N–H and O–H groups in total. The average Bonchev–Trinajstić information content (AvgIpc) is 3.23. The van der Waals surface area contributed by atoms with Gasteiger partial charge >= 0.3 is 0 Å². The van der Waals surface area contributed by atoms with E-state index in [-0.39, 0.29) is 6.61 Å². The van der Waals surface area contributed by atoms with Gasteiger partial charge in [0.25, 0.3) is 0 Å². The predicted molar refractivity (Wildman–Crippen MR) is 94.3 cm³/mol. The van der Waals surface area contributed by atoms with Crippen molar-refractivity contribution >= 4 is 16.9 Å². The van der Waals surface area contributed by atoms with Gasteiger partial charge in [0.2, 0.25) is 0 Å². The molecular formula is C18H20N4O4. The molecule has 1 aromatic carbocycles. The second kappa shape index (κ2) is 7.00. The van der Waals surface area contributed by atoms with Crippen LogP contribution in [0.2, 0.25) is 0 Å². The molecule has 0 radical (unpaired) electrons. The predicted octanol–water partition coefficient (Wildman–Crippen LogP) is 0.655. The number of anilines is 1. The Morgan fingerprint density at radius 2 is 1.88 bits per heavy atom. The van der Waals surface area contributed by atoms with E-state index in [1.165, 1.54) is 6.33 Å². The second-order valence-electron chi connectivity index (χ2n) is 6.25. The number of hydrogen-bond donors (Lipinski definition) is 4. The highest BCUT2D eigenvalue weighted by Gasteiger charge is 2.43. The molecule has 0 amide bonds. The second-order valence-corrected chi connectivity index (χ2v) is 6.25. The number of nitrogens with zero attached hydrogens (tertiary/aromatic N) is 3. The van der Waals surface area contributed by atoms with Gasteiger partial charge in [0, 0.05) is 12.7 Å². The minimum atomic E-state index is -1.15. The van der Waals surface area contributed by atoms with Crippen LogP contribution in [-0.2, 0) is 11.3 Å². The van der Waals surface area contributed by atoms with Crippen LogP contribution in [-0.4, -0.2) is 54.8 Å². The lowest BCUT2D eigenvalue weighted by Crippen LogP contribution is -2.33. The number of fused-ring (bicyclic) bond motifs is 1. The SMILES string of the molecule is OC[C@H]1O[C@@H](n2ccc3c(NCc4ccccc4)ncnc32)[C@@H](O)C1O. The third-order valence-electron chi connectivity index (χ3n) is 4.60. The first-order valence-electron chi connectivity index (χ1n) is 8.41. The molecule has 1 fully saturated rings. The molecular weight excluding hydrogens is 336 g/mol. The molecule has 1 aliphatic rings. The molecule has 4 atom stereocenters. The van der Waals surface area contributed by atoms with E-state index in [9.17, 15) is 15.3 Å². The number of aliphatic hydroxyl groups is 3. The van der Waals surface area contributed by atoms with E-state index in [2.05, 4.69) is 15.3 Å². The lowest BCUT2D eigenvalue weighted by molar-refractivity contribution is -0.0508. The van der Waals surface area contributed by atoms with Gasteiger partial charge in [-0.3, -0.25) is 0 Å². The fourth-order valence-electron chi connectivity index (χ4n) is 3.21. The fraction of sp³-hybridized carbons (Fsp3) is 0.333. The normalized spacial score (nSPS) is 25.7. The molecule has 0 aliphatic carbocycles. The van der Waals surface area contributed by atoms with E-state index >= 15 is 0 Å². The molecule has 1 unspecified atom stereocenters. The minimum absolute atomic E-state index is 0.368. The third kappa shape index (κ3) is 2.93. The van der Waals surface area contributed by atoms with Crippen molar-refractivity contribution in [3.05, 3.63) is 54.5 Å². The summed E-state index contributed by atoms with van der Waals surface area (Å²) in [7, 11) is 0. The number of hydrogen-bond acceptors (Lipinski definition) is 7. The van der Waals surface area contributed by atoms with Gasteiger partial charge in [0.05, 0.1) is 12.0 Å². The van der Waals surface area contributed by atoms with Crippen molar-refractivity contribution in [3.8, 4) is 0 Å². The first-order valence-corrected chi connectivity index (χ1v) is 8.41. The van der Waals surface area contributed by atoms with Gasteiger partial charge in [-0.05, 0) is 11.6 Å². The summed E-state index contributed by atoms with van der Waals surface area (Å²) in [6.07, 6.45) is -0.791. The highest BCUT2D eigenvalue weighted by Crippen LogP contribution is 2.33. The first kappa shape index (κ1) is 16.9. The zero-order chi connectivity index (χ0) is 18.1. The Hall–Kier alpha value is -2.52. The van der Waals surface area contributed by atoms with Gasteiger partial charge in [-0.15, -0.1) is 0 Å². The summed E-state index contributed by atoms with van der Waals surface area (Å²) in [4.78, 5) is 8.59. The summed E-state index contributed by atoms with van der Waals surface area (Å²) in [5.41, 5.74) is 1.70. The topological polar surface area (TPSA) is 113 Å². The summed E-state index contributed by atoms with van der Waals surface area (Å²) in [6.45, 7) is 0.249. The van der Waals surface area contributed by atoms with Gasteiger partial charge in [0.1, 0.15) is 36.1 Å². The van der Waals surface area contributed by atoms with Gasteiger partial charge in [0.15, 0.2) is 6.23 Å². The molecule has 1 aliphatic heterocycles. The van der Waals surface area contributed by atoms with Crippen LogP contribution in [0.5, 0.6) is 0 Å². The largest absolute Gasteiger partial charge is 0.394 e. The zero-order valence-electron chi connectivity index (χ0n) is 13.9. The van der Waals surface area contributed by atoms with E-state index < -0.39 is 24.5 Å². The highest BCUT2D eigenvalue weighted by atomic mass is 16.6. The Labute approximate surface area is 149 Å². The molecule has 3 heterocycles. The van der Waals surface area contributed by atoms with Gasteiger partial charge in [-0.25, -0.2) is 9.97 Å². The van der Waals surface area contributed by atoms with Gasteiger partial charge < -0.3 is 29.9 Å². The van der Waals surface area contributed by atoms with Gasteiger partial charge in [-0.1, -0.05) is 30.3 Å². The molecule has 3 aromatic rings. The molecule has 8 nitrogen and oxygen atoms in total. The highest BCUT2D eigenvalue weighted by molar-refractivity contribution is 5.87. The van der Waals surface area contributed by atoms with Crippen LogP contribution in [0.3, 0.4) is 0 Å². The third-order valence-corrected chi connectivity index (χ3v) is 4.60. The molecule has 0 bridgehead atoms. The number of ether oxygens (including phenoxy) is 1. The number of benzene rings is 1. The number of aromatic nitrogens is 3. The molecule has 0 spiro atoms. The standard InChI is InChI=1S/C18H20N4O4/c23-9-13-14(24)15(25)18(26-13)22-7-6-12-16(20-10-21-17(12)22)19-8-11-4-2-1-3-5-11/h1-7,10,13-15,18,23-25H,8-9H2,(H,19,20,21)/t13-,14?,15+,18-/m1/s1. The Bertz CT molecular complexity index is 885. The molecule has 8 heteroatoms. The van der Waals surface area contributed by atoms with Crippen molar-refractivity contribution in [1.29, 1.82) is 0 Å². The molecule has 4 rings (SSSR count). The Morgan fingerprint density at radius 3 is 2.62 bits per heavy atom. The maximum atomic E-state index is 10.2. The maximum absolute atomic E-state index is 10.2. The lowest BCUT2D eigenvalue weighted by atomic mass is 10.1. The summed E-state index contributed by atoms with van der Waals surface area (Å²) in [6, 6.07) is 11.8. The van der Waals surface area contributed by atoms with Crippen molar-refractivity contribution in [3.63, 3.8) is 0 Å². The number of aliphatic hydroxyl groups excluding tert-OH is 3. The van der Waals surface area contributed by atoms with E-state index in [0.29, 0.717) is 18.0 Å². The van der Waals surface area contributed by atoms with Gasteiger partial charge in [-0.2, -0.15) is 0 Å². The summed E-state index contributed by atoms with van der Waals surface area (Å²) in [5.74, 6) is 0.671. The Kier molecular flexibility index (Phi) is 4.56. The van der Waals surface area contributed by atoms with E-state index in [1.807, 2.05) is 36.4 Å². The molecule has 26 heavy (non-hydrogen) atoms. The molecule has 2 aromatic heterocycles. The molecule has 136 valence electrons. The summed E-state index contributed by atoms with van der Waals surface area (Å²) >= 11 is 0. The zero-order valence-corrected chi connectivity index (χ0v) is 13.9. The van der Waals surface area contributed by atoms with Crippen LogP contribution in [0.15, 0.2) is 48.9 Å². The summed E-state index contributed by atoms with van der Waals surface area (Å²) < 4.78 is 7.24. The lowest BCUT2D eigenvalue weighted by Gasteiger charge is -2.17. The van der Waals surface area contributed by atoms with Crippen LogP contribution in [0, 0.1) is 0 Å². The molecule has 0 saturated carbocycles. The van der Waals surface area contributed by atoms with Crippen LogP contribution in [0.1, 0.15) is 11.8 Å². The summed E-state index contributed by atoms with van der Waals surface area (Å²) in [5, 5.41) is 33.5. The monoisotopic (exact) mass is 356 g/mol. The van der Waals surface area contributed by atoms with Crippen molar-refractivity contribution in [1.82, 2.24) is 14.5 Å². The van der Waals surface area contributed by atoms with Crippen LogP contribution >= 0.6 is 0 Å². The van der Waals surface area contributed by atoms with E-state index in [0.717, 1.165) is 10.9 Å². The van der Waals surface area contributed by atoms with Crippen molar-refractivity contribution < 1.29 is 20.1 Å². The van der Waals surface area contributed by atoms with Crippen molar-refractivity contribution in [2.75, 3.05) is 11.9 Å². The van der Waals surface area contributed by atoms with Crippen LogP contribution < -0.4 is 5.32 Å². The van der Waals surface area contributed by atoms with Crippen molar-refractivity contribution in [2.45, 2.75) is 31.1 Å². The minimum Gasteiger partial charge on any atom is -0.394 e. The maximum Gasteiger partial charge on any atom is 0.164 e. The first-order chi connectivity index (χ1) is 12.7. The smallest absolute Gasteiger partial charge is 0.164 e.